The van der Waals surface area contributed by atoms with Gasteiger partial charge in [-0.1, -0.05) is 38.2 Å². The number of ether oxygens (including phenoxy) is 1. The lowest BCUT2D eigenvalue weighted by molar-refractivity contribution is 0.413. The minimum absolute atomic E-state index is 0.613. The average molecular weight is 247 g/mol. The maximum absolute atomic E-state index is 5.46. The summed E-state index contributed by atoms with van der Waals surface area (Å²) >= 11 is 0. The second-order valence-corrected chi connectivity index (χ2v) is 5.39. The zero-order valence-corrected chi connectivity index (χ0v) is 11.7. The van der Waals surface area contributed by atoms with Crippen LogP contribution in [0.3, 0.4) is 0 Å². The molecule has 0 saturated heterocycles. The van der Waals surface area contributed by atoms with E-state index in [-0.39, 0.29) is 0 Å². The fraction of sp³-hybridized carbons (Fsp3) is 0.625. The Labute approximate surface area is 111 Å². The zero-order valence-electron chi connectivity index (χ0n) is 11.7. The first kappa shape index (κ1) is 13.3. The van der Waals surface area contributed by atoms with Gasteiger partial charge in [0.2, 0.25) is 0 Å². The molecule has 2 rings (SSSR count). The van der Waals surface area contributed by atoms with Crippen molar-refractivity contribution in [1.82, 2.24) is 0 Å². The molecule has 1 aromatic rings. The Morgan fingerprint density at radius 2 is 1.72 bits per heavy atom. The number of hydrogen-bond acceptors (Lipinski definition) is 2. The number of methoxy groups -OCH3 is 1. The Bertz CT molecular complexity index is 367. The SMILES string of the molecule is COc1cc(C)ccc1NC1CCCCCCC1. The van der Waals surface area contributed by atoms with Crippen molar-refractivity contribution in [1.29, 1.82) is 0 Å². The van der Waals surface area contributed by atoms with Gasteiger partial charge < -0.3 is 10.1 Å². The average Bonchev–Trinajstić information content (AvgIpc) is 2.34. The molecule has 18 heavy (non-hydrogen) atoms. The van der Waals surface area contributed by atoms with Gasteiger partial charge >= 0.3 is 0 Å². The van der Waals surface area contributed by atoms with Gasteiger partial charge in [-0.15, -0.1) is 0 Å². The van der Waals surface area contributed by atoms with Crippen LogP contribution in [0.4, 0.5) is 5.69 Å². The summed E-state index contributed by atoms with van der Waals surface area (Å²) in [5, 5.41) is 3.67. The second kappa shape index (κ2) is 6.67. The maximum Gasteiger partial charge on any atom is 0.142 e. The van der Waals surface area contributed by atoms with Crippen molar-refractivity contribution in [2.75, 3.05) is 12.4 Å². The summed E-state index contributed by atoms with van der Waals surface area (Å²) < 4.78 is 5.46. The molecule has 2 heteroatoms. The van der Waals surface area contributed by atoms with E-state index in [0.29, 0.717) is 6.04 Å². The van der Waals surface area contributed by atoms with Gasteiger partial charge in [0.15, 0.2) is 0 Å². The number of hydrogen-bond donors (Lipinski definition) is 1. The fourth-order valence-corrected chi connectivity index (χ4v) is 2.74. The third-order valence-corrected chi connectivity index (χ3v) is 3.82. The largest absolute Gasteiger partial charge is 0.495 e. The minimum atomic E-state index is 0.613. The zero-order chi connectivity index (χ0) is 12.8. The van der Waals surface area contributed by atoms with Gasteiger partial charge in [0.1, 0.15) is 5.75 Å². The molecule has 1 N–H and O–H groups in total. The maximum atomic E-state index is 5.46. The molecule has 0 unspecified atom stereocenters. The normalized spacial score (nSPS) is 17.9. The van der Waals surface area contributed by atoms with Crippen LogP contribution < -0.4 is 10.1 Å². The summed E-state index contributed by atoms with van der Waals surface area (Å²) in [6.45, 7) is 2.10. The molecule has 0 radical (unpaired) electrons. The Morgan fingerprint density at radius 3 is 2.39 bits per heavy atom. The standard InChI is InChI=1S/C16H25NO/c1-13-10-11-15(16(12-13)18-2)17-14-8-6-4-3-5-7-9-14/h10-12,14,17H,3-9H2,1-2H3. The van der Waals surface area contributed by atoms with E-state index in [1.165, 1.54) is 50.5 Å². The lowest BCUT2D eigenvalue weighted by Crippen LogP contribution is -2.20. The fourth-order valence-electron chi connectivity index (χ4n) is 2.74. The summed E-state index contributed by atoms with van der Waals surface area (Å²) in [4.78, 5) is 0. The summed E-state index contributed by atoms with van der Waals surface area (Å²) in [6, 6.07) is 7.01. The first-order chi connectivity index (χ1) is 8.79. The number of benzene rings is 1. The third-order valence-electron chi connectivity index (χ3n) is 3.82. The molecule has 100 valence electrons. The molecule has 1 aliphatic carbocycles. The first-order valence-corrected chi connectivity index (χ1v) is 7.21. The highest BCUT2D eigenvalue weighted by Crippen LogP contribution is 2.28. The van der Waals surface area contributed by atoms with Crippen LogP contribution in [0.1, 0.15) is 50.5 Å². The number of aryl methyl sites for hydroxylation is 1. The predicted molar refractivity (Wildman–Crippen MR) is 77.5 cm³/mol. The summed E-state index contributed by atoms with van der Waals surface area (Å²) in [6.07, 6.45) is 9.48. The summed E-state index contributed by atoms with van der Waals surface area (Å²) in [5.74, 6) is 0.969. The lowest BCUT2D eigenvalue weighted by atomic mass is 9.96. The molecule has 0 heterocycles. The quantitative estimate of drug-likeness (QED) is 0.847. The molecule has 2 nitrogen and oxygen atoms in total. The van der Waals surface area contributed by atoms with E-state index in [0.717, 1.165) is 11.4 Å². The molecular weight excluding hydrogens is 222 g/mol. The monoisotopic (exact) mass is 247 g/mol. The van der Waals surface area contributed by atoms with Crippen LogP contribution >= 0.6 is 0 Å². The van der Waals surface area contributed by atoms with Crippen LogP contribution in [-0.4, -0.2) is 13.2 Å². The molecule has 0 aliphatic heterocycles. The lowest BCUT2D eigenvalue weighted by Gasteiger charge is -2.23. The third kappa shape index (κ3) is 3.66. The van der Waals surface area contributed by atoms with Gasteiger partial charge in [0.05, 0.1) is 12.8 Å². The van der Waals surface area contributed by atoms with E-state index >= 15 is 0 Å². The van der Waals surface area contributed by atoms with Crippen molar-refractivity contribution in [2.45, 2.75) is 57.9 Å². The second-order valence-electron chi connectivity index (χ2n) is 5.39. The van der Waals surface area contributed by atoms with Crippen molar-refractivity contribution < 1.29 is 4.74 Å². The Morgan fingerprint density at radius 1 is 1.06 bits per heavy atom. The van der Waals surface area contributed by atoms with Crippen LogP contribution in [0.2, 0.25) is 0 Å². The number of rotatable bonds is 3. The summed E-state index contributed by atoms with van der Waals surface area (Å²) in [7, 11) is 1.75. The van der Waals surface area contributed by atoms with E-state index in [1.807, 2.05) is 0 Å². The van der Waals surface area contributed by atoms with Gasteiger partial charge in [-0.25, -0.2) is 0 Å². The van der Waals surface area contributed by atoms with Gasteiger partial charge in [0.25, 0.3) is 0 Å². The highest BCUT2D eigenvalue weighted by molar-refractivity contribution is 5.58. The highest BCUT2D eigenvalue weighted by Gasteiger charge is 2.13. The van der Waals surface area contributed by atoms with Crippen LogP contribution in [0.15, 0.2) is 18.2 Å². The predicted octanol–water partition coefficient (Wildman–Crippen LogP) is 4.53. The first-order valence-electron chi connectivity index (χ1n) is 7.21. The summed E-state index contributed by atoms with van der Waals surface area (Å²) in [5.41, 5.74) is 2.39. The molecule has 1 aromatic carbocycles. The van der Waals surface area contributed by atoms with Crippen LogP contribution in [0, 0.1) is 6.92 Å². The number of anilines is 1. The van der Waals surface area contributed by atoms with Crippen molar-refractivity contribution >= 4 is 5.69 Å². The van der Waals surface area contributed by atoms with E-state index in [2.05, 4.69) is 30.4 Å². The highest BCUT2D eigenvalue weighted by atomic mass is 16.5. The van der Waals surface area contributed by atoms with Crippen molar-refractivity contribution in [3.8, 4) is 5.75 Å². The molecule has 1 saturated carbocycles. The minimum Gasteiger partial charge on any atom is -0.495 e. The molecule has 0 spiro atoms. The van der Waals surface area contributed by atoms with E-state index in [4.69, 9.17) is 4.74 Å². The molecule has 1 fully saturated rings. The Balaban J connectivity index is 2.02. The van der Waals surface area contributed by atoms with Gasteiger partial charge in [0, 0.05) is 6.04 Å². The smallest absolute Gasteiger partial charge is 0.142 e. The van der Waals surface area contributed by atoms with Crippen molar-refractivity contribution in [3.63, 3.8) is 0 Å². The topological polar surface area (TPSA) is 21.3 Å². The Hall–Kier alpha value is -1.18. The molecular formula is C16H25NO. The molecule has 0 atom stereocenters. The van der Waals surface area contributed by atoms with E-state index < -0.39 is 0 Å². The van der Waals surface area contributed by atoms with Gasteiger partial charge in [-0.2, -0.15) is 0 Å². The van der Waals surface area contributed by atoms with Crippen LogP contribution in [-0.2, 0) is 0 Å². The van der Waals surface area contributed by atoms with Crippen molar-refractivity contribution in [2.24, 2.45) is 0 Å². The Kier molecular flexibility index (Phi) is 4.91. The van der Waals surface area contributed by atoms with Crippen LogP contribution in [0.25, 0.3) is 0 Å². The molecule has 0 amide bonds. The van der Waals surface area contributed by atoms with Gasteiger partial charge in [-0.3, -0.25) is 0 Å². The van der Waals surface area contributed by atoms with Crippen LogP contribution in [0.5, 0.6) is 5.75 Å². The molecule has 0 aromatic heterocycles. The van der Waals surface area contributed by atoms with Crippen molar-refractivity contribution in [3.05, 3.63) is 23.8 Å². The number of nitrogens with one attached hydrogen (secondary N) is 1. The molecule has 1 aliphatic rings. The van der Waals surface area contributed by atoms with Gasteiger partial charge in [-0.05, 0) is 37.5 Å². The van der Waals surface area contributed by atoms with E-state index in [1.54, 1.807) is 7.11 Å². The van der Waals surface area contributed by atoms with E-state index in [9.17, 15) is 0 Å². The molecule has 0 bridgehead atoms.